The number of ether oxygens (including phenoxy) is 1. The molecule has 7 heteroatoms. The van der Waals surface area contributed by atoms with Crippen LogP contribution in [0.4, 0.5) is 5.69 Å². The molecule has 2 fully saturated rings. The Morgan fingerprint density at radius 3 is 2.95 bits per heavy atom. The summed E-state index contributed by atoms with van der Waals surface area (Å²) in [5, 5.41) is 0.611. The SMILES string of the molecule is O=C(C1CN(c2ccncc2Cl)CCO1)N1CCSCC1. The predicted molar refractivity (Wildman–Crippen MR) is 85.1 cm³/mol. The van der Waals surface area contributed by atoms with Gasteiger partial charge in [-0.2, -0.15) is 11.8 Å². The molecular formula is C14H18ClN3O2S. The van der Waals surface area contributed by atoms with E-state index in [0.29, 0.717) is 18.2 Å². The zero-order valence-electron chi connectivity index (χ0n) is 11.7. The summed E-state index contributed by atoms with van der Waals surface area (Å²) in [7, 11) is 0. The minimum absolute atomic E-state index is 0.102. The van der Waals surface area contributed by atoms with Crippen LogP contribution in [0.5, 0.6) is 0 Å². The number of nitrogens with zero attached hydrogens (tertiary/aromatic N) is 3. The van der Waals surface area contributed by atoms with Gasteiger partial charge in [0, 0.05) is 43.5 Å². The fourth-order valence-corrected chi connectivity index (χ4v) is 3.77. The molecule has 1 atom stereocenters. The van der Waals surface area contributed by atoms with Crippen LogP contribution >= 0.6 is 23.4 Å². The Labute approximate surface area is 133 Å². The Bertz CT molecular complexity index is 511. The van der Waals surface area contributed by atoms with Crippen molar-refractivity contribution < 1.29 is 9.53 Å². The molecule has 114 valence electrons. The highest BCUT2D eigenvalue weighted by molar-refractivity contribution is 7.99. The lowest BCUT2D eigenvalue weighted by molar-refractivity contribution is -0.144. The van der Waals surface area contributed by atoms with Crippen LogP contribution < -0.4 is 4.90 Å². The third-order valence-corrected chi connectivity index (χ3v) is 4.99. The van der Waals surface area contributed by atoms with Gasteiger partial charge in [-0.05, 0) is 6.07 Å². The van der Waals surface area contributed by atoms with Crippen LogP contribution in [0, 0.1) is 0 Å². The van der Waals surface area contributed by atoms with Crippen LogP contribution in [0.25, 0.3) is 0 Å². The van der Waals surface area contributed by atoms with E-state index in [1.807, 2.05) is 22.7 Å². The van der Waals surface area contributed by atoms with Gasteiger partial charge in [0.1, 0.15) is 0 Å². The summed E-state index contributed by atoms with van der Waals surface area (Å²) in [6.45, 7) is 3.46. The van der Waals surface area contributed by atoms with Gasteiger partial charge in [-0.1, -0.05) is 11.6 Å². The molecule has 1 aromatic heterocycles. The fourth-order valence-electron chi connectivity index (χ4n) is 2.63. The van der Waals surface area contributed by atoms with Crippen molar-refractivity contribution in [2.45, 2.75) is 6.10 Å². The predicted octanol–water partition coefficient (Wildman–Crippen LogP) is 1.52. The number of aromatic nitrogens is 1. The zero-order chi connectivity index (χ0) is 14.7. The molecule has 2 aliphatic heterocycles. The van der Waals surface area contributed by atoms with Gasteiger partial charge >= 0.3 is 0 Å². The smallest absolute Gasteiger partial charge is 0.253 e. The molecule has 0 aromatic carbocycles. The van der Waals surface area contributed by atoms with Crippen molar-refractivity contribution in [3.8, 4) is 0 Å². The molecule has 3 rings (SSSR count). The maximum atomic E-state index is 12.5. The average Bonchev–Trinajstić information content (AvgIpc) is 2.55. The van der Waals surface area contributed by atoms with Crippen molar-refractivity contribution in [2.75, 3.05) is 49.2 Å². The first-order valence-electron chi connectivity index (χ1n) is 7.08. The van der Waals surface area contributed by atoms with Gasteiger partial charge in [0.15, 0.2) is 6.10 Å². The normalized spacial score (nSPS) is 23.2. The lowest BCUT2D eigenvalue weighted by Crippen LogP contribution is -2.52. The second-order valence-corrected chi connectivity index (χ2v) is 6.70. The monoisotopic (exact) mass is 327 g/mol. The van der Waals surface area contributed by atoms with Crippen molar-refractivity contribution in [2.24, 2.45) is 0 Å². The Morgan fingerprint density at radius 1 is 1.38 bits per heavy atom. The molecule has 21 heavy (non-hydrogen) atoms. The van der Waals surface area contributed by atoms with Crippen LogP contribution in [0.1, 0.15) is 0 Å². The maximum absolute atomic E-state index is 12.5. The minimum atomic E-state index is -0.397. The van der Waals surface area contributed by atoms with E-state index in [1.165, 1.54) is 0 Å². The average molecular weight is 328 g/mol. The Balaban J connectivity index is 1.68. The summed E-state index contributed by atoms with van der Waals surface area (Å²) >= 11 is 8.08. The van der Waals surface area contributed by atoms with Crippen LogP contribution in [0.3, 0.4) is 0 Å². The molecule has 0 radical (unpaired) electrons. The number of carbonyl (C=O) groups excluding carboxylic acids is 1. The number of hydrogen-bond donors (Lipinski definition) is 0. The van der Waals surface area contributed by atoms with Crippen molar-refractivity contribution in [1.29, 1.82) is 0 Å². The number of amides is 1. The molecule has 0 bridgehead atoms. The Morgan fingerprint density at radius 2 is 2.19 bits per heavy atom. The largest absolute Gasteiger partial charge is 0.365 e. The molecule has 1 amide bonds. The molecule has 1 unspecified atom stereocenters. The van der Waals surface area contributed by atoms with Gasteiger partial charge in [0.05, 0.1) is 23.9 Å². The van der Waals surface area contributed by atoms with Crippen LogP contribution in [0.15, 0.2) is 18.5 Å². The van der Waals surface area contributed by atoms with Gasteiger partial charge in [0.2, 0.25) is 0 Å². The van der Waals surface area contributed by atoms with Gasteiger partial charge in [-0.3, -0.25) is 9.78 Å². The Hall–Kier alpha value is -0.980. The highest BCUT2D eigenvalue weighted by Gasteiger charge is 2.31. The number of hydrogen-bond acceptors (Lipinski definition) is 5. The quantitative estimate of drug-likeness (QED) is 0.824. The molecule has 0 aliphatic carbocycles. The minimum Gasteiger partial charge on any atom is -0.365 e. The first-order valence-corrected chi connectivity index (χ1v) is 8.61. The molecule has 0 N–H and O–H groups in total. The first kappa shape index (κ1) is 14.9. The van der Waals surface area contributed by atoms with E-state index in [2.05, 4.69) is 9.88 Å². The number of carbonyl (C=O) groups is 1. The van der Waals surface area contributed by atoms with Gasteiger partial charge in [0.25, 0.3) is 5.91 Å². The van der Waals surface area contributed by atoms with E-state index in [1.54, 1.807) is 12.4 Å². The summed E-state index contributed by atoms with van der Waals surface area (Å²) in [6.07, 6.45) is 2.95. The summed E-state index contributed by atoms with van der Waals surface area (Å²) in [5.74, 6) is 2.13. The summed E-state index contributed by atoms with van der Waals surface area (Å²) in [6, 6.07) is 1.88. The second-order valence-electron chi connectivity index (χ2n) is 5.07. The Kier molecular flexibility index (Phi) is 4.87. The molecule has 2 aliphatic rings. The number of halogens is 1. The van der Waals surface area contributed by atoms with Gasteiger partial charge in [-0.15, -0.1) is 0 Å². The lowest BCUT2D eigenvalue weighted by Gasteiger charge is -2.37. The standard InChI is InChI=1S/C14H18ClN3O2S/c15-11-9-16-2-1-12(11)18-3-6-20-13(10-18)14(19)17-4-7-21-8-5-17/h1-2,9,13H,3-8,10H2. The summed E-state index contributed by atoms with van der Waals surface area (Å²) in [4.78, 5) is 20.6. The zero-order valence-corrected chi connectivity index (χ0v) is 13.3. The molecule has 0 saturated carbocycles. The van der Waals surface area contributed by atoms with E-state index in [-0.39, 0.29) is 5.91 Å². The summed E-state index contributed by atoms with van der Waals surface area (Å²) in [5.41, 5.74) is 0.918. The molecule has 3 heterocycles. The van der Waals surface area contributed by atoms with E-state index in [0.717, 1.165) is 36.8 Å². The lowest BCUT2D eigenvalue weighted by atomic mass is 10.2. The third-order valence-electron chi connectivity index (χ3n) is 3.76. The van der Waals surface area contributed by atoms with Crippen molar-refractivity contribution in [3.05, 3.63) is 23.5 Å². The molecular weight excluding hydrogens is 310 g/mol. The number of thioether (sulfide) groups is 1. The van der Waals surface area contributed by atoms with Crippen LogP contribution in [-0.4, -0.2) is 66.2 Å². The number of morpholine rings is 1. The molecule has 0 spiro atoms. The number of pyridine rings is 1. The van der Waals surface area contributed by atoms with Crippen LogP contribution in [-0.2, 0) is 9.53 Å². The number of rotatable bonds is 2. The molecule has 1 aromatic rings. The van der Waals surface area contributed by atoms with E-state index in [4.69, 9.17) is 16.3 Å². The van der Waals surface area contributed by atoms with E-state index < -0.39 is 6.10 Å². The van der Waals surface area contributed by atoms with Crippen molar-refractivity contribution in [1.82, 2.24) is 9.88 Å². The second kappa shape index (κ2) is 6.85. The highest BCUT2D eigenvalue weighted by atomic mass is 35.5. The van der Waals surface area contributed by atoms with Crippen molar-refractivity contribution in [3.63, 3.8) is 0 Å². The molecule has 5 nitrogen and oxygen atoms in total. The summed E-state index contributed by atoms with van der Waals surface area (Å²) < 4.78 is 5.69. The molecule has 2 saturated heterocycles. The van der Waals surface area contributed by atoms with Crippen molar-refractivity contribution >= 4 is 35.0 Å². The maximum Gasteiger partial charge on any atom is 0.253 e. The van der Waals surface area contributed by atoms with E-state index >= 15 is 0 Å². The number of anilines is 1. The topological polar surface area (TPSA) is 45.7 Å². The fraction of sp³-hybridized carbons (Fsp3) is 0.571. The van der Waals surface area contributed by atoms with Gasteiger partial charge < -0.3 is 14.5 Å². The van der Waals surface area contributed by atoms with Gasteiger partial charge in [-0.25, -0.2) is 0 Å². The van der Waals surface area contributed by atoms with Crippen LogP contribution in [0.2, 0.25) is 5.02 Å². The van der Waals surface area contributed by atoms with E-state index in [9.17, 15) is 4.79 Å². The third kappa shape index (κ3) is 3.44. The first-order chi connectivity index (χ1) is 10.3. The highest BCUT2D eigenvalue weighted by Crippen LogP contribution is 2.26.